The predicted molar refractivity (Wildman–Crippen MR) is 149 cm³/mol. The van der Waals surface area contributed by atoms with Gasteiger partial charge in [0.05, 0.1) is 5.02 Å². The number of halogens is 2. The van der Waals surface area contributed by atoms with E-state index in [0.717, 1.165) is 0 Å². The number of anilines is 2. The lowest BCUT2D eigenvalue weighted by atomic mass is 10.1. The first kappa shape index (κ1) is 27.0. The van der Waals surface area contributed by atoms with Crippen LogP contribution in [0, 0.1) is 0 Å². The quantitative estimate of drug-likeness (QED) is 0.303. The van der Waals surface area contributed by atoms with E-state index in [1.165, 1.54) is 24.4 Å². The summed E-state index contributed by atoms with van der Waals surface area (Å²) in [6.07, 6.45) is 2.45. The molecule has 13 heteroatoms. The smallest absolute Gasteiger partial charge is 0.264 e. The van der Waals surface area contributed by atoms with E-state index in [9.17, 15) is 17.6 Å². The van der Waals surface area contributed by atoms with Gasteiger partial charge in [0.2, 0.25) is 5.95 Å². The summed E-state index contributed by atoms with van der Waals surface area (Å²) in [5.41, 5.74) is 1.04. The van der Waals surface area contributed by atoms with E-state index in [-0.39, 0.29) is 33.4 Å². The van der Waals surface area contributed by atoms with Crippen LogP contribution in [0.1, 0.15) is 26.3 Å². The first-order chi connectivity index (χ1) is 18.6. The average Bonchev–Trinajstić information content (AvgIpc) is 2.88. The monoisotopic (exact) mass is 571 g/mol. The Hall–Kier alpha value is -3.61. The lowest BCUT2D eigenvalue weighted by Gasteiger charge is -2.26. The molecule has 1 aliphatic heterocycles. The third-order valence-electron chi connectivity index (χ3n) is 6.36. The molecule has 3 N–H and O–H groups in total. The zero-order valence-electron chi connectivity index (χ0n) is 21.2. The van der Waals surface area contributed by atoms with Gasteiger partial charge in [0.1, 0.15) is 22.5 Å². The molecule has 39 heavy (non-hydrogen) atoms. The highest BCUT2D eigenvalue weighted by molar-refractivity contribution is 7.92. The van der Waals surface area contributed by atoms with Gasteiger partial charge in [-0.05, 0) is 44.2 Å². The molecule has 0 radical (unpaired) electrons. The summed E-state index contributed by atoms with van der Waals surface area (Å²) in [6, 6.07) is 10.5. The van der Waals surface area contributed by atoms with E-state index >= 15 is 0 Å². The van der Waals surface area contributed by atoms with Crippen molar-refractivity contribution in [2.45, 2.75) is 43.4 Å². The van der Waals surface area contributed by atoms with Crippen molar-refractivity contribution in [1.29, 1.82) is 0 Å². The molecule has 5 rings (SSSR count). The lowest BCUT2D eigenvalue weighted by Crippen LogP contribution is -2.44. The Morgan fingerprint density at radius 1 is 1.13 bits per heavy atom. The van der Waals surface area contributed by atoms with Crippen LogP contribution in [-0.4, -0.2) is 53.2 Å². The lowest BCUT2D eigenvalue weighted by molar-refractivity contribution is 0.254. The van der Waals surface area contributed by atoms with Crippen LogP contribution in [0.25, 0.3) is 22.2 Å². The Morgan fingerprint density at radius 2 is 1.92 bits per heavy atom. The van der Waals surface area contributed by atoms with Gasteiger partial charge in [-0.2, -0.15) is 4.98 Å². The van der Waals surface area contributed by atoms with Crippen LogP contribution in [0.2, 0.25) is 5.02 Å². The van der Waals surface area contributed by atoms with Crippen molar-refractivity contribution >= 4 is 44.4 Å². The fourth-order valence-corrected chi connectivity index (χ4v) is 6.06. The first-order valence-electron chi connectivity index (χ1n) is 12.4. The highest BCUT2D eigenvalue weighted by Crippen LogP contribution is 2.26. The molecule has 0 unspecified atom stereocenters. The third-order valence-corrected chi connectivity index (χ3v) is 8.21. The number of fused-ring (bicyclic) bond motifs is 1. The Kier molecular flexibility index (Phi) is 7.52. The Balaban J connectivity index is 1.46. The van der Waals surface area contributed by atoms with E-state index in [4.69, 9.17) is 11.6 Å². The number of nitrogens with one attached hydrogen (secondary N) is 3. The number of sulfonamides is 1. The van der Waals surface area contributed by atoms with Gasteiger partial charge in [-0.1, -0.05) is 23.7 Å². The minimum absolute atomic E-state index is 0.0648. The number of piperidine rings is 1. The highest BCUT2D eigenvalue weighted by Gasteiger charge is 2.23. The normalized spacial score (nSPS) is 17.9. The zero-order chi connectivity index (χ0) is 27.7. The third kappa shape index (κ3) is 5.72. The molecule has 1 aromatic carbocycles. The number of benzene rings is 1. The minimum atomic E-state index is -3.95. The molecule has 2 atom stereocenters. The summed E-state index contributed by atoms with van der Waals surface area (Å²) in [6.45, 7) is 4.68. The number of alkyl halides is 1. The minimum Gasteiger partial charge on any atom is -0.350 e. The SMILES string of the molecule is CC(C)n1c(=O)c(-c2ccc(NS(=O)(=O)c3ccccc3Cl)nc2)cc2cnc(N[C@@H]3CNC[C@@H](F)C3)nc21. The molecular weight excluding hydrogens is 545 g/mol. The van der Waals surface area contributed by atoms with E-state index in [0.29, 0.717) is 47.6 Å². The van der Waals surface area contributed by atoms with Crippen LogP contribution < -0.4 is 20.9 Å². The molecule has 4 heterocycles. The summed E-state index contributed by atoms with van der Waals surface area (Å²) >= 11 is 6.04. The first-order valence-corrected chi connectivity index (χ1v) is 14.3. The maximum atomic E-state index is 13.8. The van der Waals surface area contributed by atoms with Crippen molar-refractivity contribution < 1.29 is 12.8 Å². The predicted octanol–water partition coefficient (Wildman–Crippen LogP) is 4.00. The van der Waals surface area contributed by atoms with Crippen LogP contribution in [0.4, 0.5) is 16.2 Å². The fourth-order valence-electron chi connectivity index (χ4n) is 4.53. The van der Waals surface area contributed by atoms with Gasteiger partial charge in [0.25, 0.3) is 15.6 Å². The van der Waals surface area contributed by atoms with E-state index in [2.05, 4.69) is 30.3 Å². The molecule has 4 aromatic rings. The highest BCUT2D eigenvalue weighted by atomic mass is 35.5. The maximum Gasteiger partial charge on any atom is 0.264 e. The van der Waals surface area contributed by atoms with Crippen LogP contribution in [0.3, 0.4) is 0 Å². The van der Waals surface area contributed by atoms with E-state index < -0.39 is 16.2 Å². The van der Waals surface area contributed by atoms with Gasteiger partial charge in [-0.25, -0.2) is 22.8 Å². The fraction of sp³-hybridized carbons (Fsp3) is 0.308. The van der Waals surface area contributed by atoms with Gasteiger partial charge in [0.15, 0.2) is 0 Å². The summed E-state index contributed by atoms with van der Waals surface area (Å²) < 4.78 is 43.2. The number of hydrogen-bond acceptors (Lipinski definition) is 8. The van der Waals surface area contributed by atoms with Crippen molar-refractivity contribution in [3.8, 4) is 11.1 Å². The molecule has 1 fully saturated rings. The summed E-state index contributed by atoms with van der Waals surface area (Å²) in [5, 5.41) is 6.93. The zero-order valence-corrected chi connectivity index (χ0v) is 22.8. The second kappa shape index (κ2) is 10.9. The molecule has 0 aliphatic carbocycles. The Labute approximate surface area is 229 Å². The number of nitrogens with zero attached hydrogens (tertiary/aromatic N) is 4. The Morgan fingerprint density at radius 3 is 2.62 bits per heavy atom. The number of aromatic nitrogens is 4. The van der Waals surface area contributed by atoms with Crippen molar-refractivity contribution in [1.82, 2.24) is 24.8 Å². The Bertz CT molecular complexity index is 1680. The van der Waals surface area contributed by atoms with Crippen LogP contribution in [-0.2, 0) is 10.0 Å². The molecule has 0 amide bonds. The molecule has 204 valence electrons. The molecular formula is C26H27ClFN7O3S. The molecule has 3 aromatic heterocycles. The second-order valence-corrected chi connectivity index (χ2v) is 11.7. The molecule has 0 saturated carbocycles. The topological polar surface area (TPSA) is 131 Å². The molecule has 1 aliphatic rings. The van der Waals surface area contributed by atoms with Crippen molar-refractivity contribution in [3.63, 3.8) is 0 Å². The van der Waals surface area contributed by atoms with Gasteiger partial charge >= 0.3 is 0 Å². The second-order valence-electron chi connectivity index (χ2n) is 9.60. The summed E-state index contributed by atoms with van der Waals surface area (Å²) in [4.78, 5) is 26.7. The van der Waals surface area contributed by atoms with Crippen LogP contribution in [0.5, 0.6) is 0 Å². The van der Waals surface area contributed by atoms with Crippen LogP contribution in [0.15, 0.2) is 64.5 Å². The maximum absolute atomic E-state index is 13.8. The van der Waals surface area contributed by atoms with Crippen molar-refractivity contribution in [2.24, 2.45) is 0 Å². The van der Waals surface area contributed by atoms with Gasteiger partial charge in [0, 0.05) is 60.5 Å². The molecule has 0 bridgehead atoms. The van der Waals surface area contributed by atoms with Gasteiger partial charge in [-0.15, -0.1) is 0 Å². The average molecular weight is 572 g/mol. The van der Waals surface area contributed by atoms with E-state index in [1.807, 2.05) is 13.8 Å². The molecule has 1 saturated heterocycles. The van der Waals surface area contributed by atoms with Gasteiger partial charge < -0.3 is 10.6 Å². The van der Waals surface area contributed by atoms with Crippen molar-refractivity contribution in [3.05, 3.63) is 70.2 Å². The number of pyridine rings is 2. The molecule has 0 spiro atoms. The largest absolute Gasteiger partial charge is 0.350 e. The van der Waals surface area contributed by atoms with Gasteiger partial charge in [-0.3, -0.25) is 14.1 Å². The number of hydrogen-bond donors (Lipinski definition) is 3. The molecule has 10 nitrogen and oxygen atoms in total. The summed E-state index contributed by atoms with van der Waals surface area (Å²) in [7, 11) is -3.95. The number of rotatable bonds is 7. The van der Waals surface area contributed by atoms with E-state index in [1.54, 1.807) is 35.0 Å². The van der Waals surface area contributed by atoms with Crippen molar-refractivity contribution in [2.75, 3.05) is 23.1 Å². The standard InChI is InChI=1S/C26H27ClFN7O3S/c1-15(2)35-24-17(12-31-26(33-24)32-19-10-18(28)13-29-14-19)9-20(25(35)36)16-7-8-23(30-11-16)34-39(37,38)22-6-4-3-5-21(22)27/h3-9,11-12,15,18-19,29H,10,13-14H2,1-2H3,(H,30,34)(H,31,32,33)/t18-,19-/m0/s1. The van der Waals surface area contributed by atoms with Crippen LogP contribution >= 0.6 is 11.6 Å². The summed E-state index contributed by atoms with van der Waals surface area (Å²) in [5.74, 6) is 0.400.